The molecule has 7 heteroatoms. The maximum absolute atomic E-state index is 10.5. The standard InChI is InChI=1S/C11H9Cl2N3O2/c12-7-1-3-9(13)10(5-7)16-6-8(14-15-16)2-4-11(17)18/h1,3,5-6H,2,4H2,(H,17,18). The molecule has 1 aromatic heterocycles. The van der Waals surface area contributed by atoms with Gasteiger partial charge in [-0.3, -0.25) is 4.79 Å². The highest BCUT2D eigenvalue weighted by atomic mass is 35.5. The van der Waals surface area contributed by atoms with Crippen LogP contribution in [-0.2, 0) is 11.2 Å². The van der Waals surface area contributed by atoms with Gasteiger partial charge < -0.3 is 5.11 Å². The van der Waals surface area contributed by atoms with Gasteiger partial charge >= 0.3 is 5.97 Å². The zero-order chi connectivity index (χ0) is 13.1. The third-order valence-corrected chi connectivity index (χ3v) is 2.85. The first-order chi connectivity index (χ1) is 8.56. The number of aromatic nitrogens is 3. The maximum Gasteiger partial charge on any atom is 0.303 e. The molecular weight excluding hydrogens is 277 g/mol. The summed E-state index contributed by atoms with van der Waals surface area (Å²) in [7, 11) is 0. The average molecular weight is 286 g/mol. The van der Waals surface area contributed by atoms with E-state index in [1.165, 1.54) is 4.68 Å². The lowest BCUT2D eigenvalue weighted by molar-refractivity contribution is -0.136. The summed E-state index contributed by atoms with van der Waals surface area (Å²) < 4.78 is 1.48. The molecule has 1 N–H and O–H groups in total. The molecule has 18 heavy (non-hydrogen) atoms. The summed E-state index contributed by atoms with van der Waals surface area (Å²) in [6, 6.07) is 5.01. The van der Waals surface area contributed by atoms with Gasteiger partial charge in [-0.15, -0.1) is 5.10 Å². The molecule has 0 bridgehead atoms. The van der Waals surface area contributed by atoms with Crippen LogP contribution in [0.4, 0.5) is 0 Å². The smallest absolute Gasteiger partial charge is 0.303 e. The third kappa shape index (κ3) is 3.00. The van der Waals surface area contributed by atoms with Crippen LogP contribution in [0.15, 0.2) is 24.4 Å². The van der Waals surface area contributed by atoms with Gasteiger partial charge in [0.15, 0.2) is 0 Å². The molecule has 1 heterocycles. The zero-order valence-electron chi connectivity index (χ0n) is 9.18. The van der Waals surface area contributed by atoms with Crippen molar-refractivity contribution in [3.05, 3.63) is 40.1 Å². The van der Waals surface area contributed by atoms with Crippen LogP contribution in [0.1, 0.15) is 12.1 Å². The first kappa shape index (κ1) is 12.9. The van der Waals surface area contributed by atoms with E-state index < -0.39 is 5.97 Å². The number of benzene rings is 1. The number of aryl methyl sites for hydroxylation is 1. The molecule has 0 unspecified atom stereocenters. The molecule has 5 nitrogen and oxygen atoms in total. The summed E-state index contributed by atoms with van der Waals surface area (Å²) >= 11 is 11.9. The first-order valence-corrected chi connectivity index (χ1v) is 5.90. The van der Waals surface area contributed by atoms with E-state index in [1.54, 1.807) is 24.4 Å². The second-order valence-corrected chi connectivity index (χ2v) is 4.49. The molecule has 0 fully saturated rings. The van der Waals surface area contributed by atoms with Gasteiger partial charge in [-0.2, -0.15) is 0 Å². The second-order valence-electron chi connectivity index (χ2n) is 3.64. The van der Waals surface area contributed by atoms with Crippen molar-refractivity contribution < 1.29 is 9.90 Å². The highest BCUT2D eigenvalue weighted by Gasteiger charge is 2.08. The summed E-state index contributed by atoms with van der Waals surface area (Å²) in [5.74, 6) is -0.870. The van der Waals surface area contributed by atoms with E-state index in [4.69, 9.17) is 28.3 Å². The van der Waals surface area contributed by atoms with E-state index in [0.29, 0.717) is 27.8 Å². The van der Waals surface area contributed by atoms with E-state index in [1.807, 2.05) is 0 Å². The van der Waals surface area contributed by atoms with Gasteiger partial charge in [-0.05, 0) is 18.2 Å². The van der Waals surface area contributed by atoms with Crippen molar-refractivity contribution in [2.45, 2.75) is 12.8 Å². The number of carboxylic acid groups (broad SMARTS) is 1. The summed E-state index contributed by atoms with van der Waals surface area (Å²) in [6.45, 7) is 0. The van der Waals surface area contributed by atoms with Crippen LogP contribution in [0.3, 0.4) is 0 Å². The first-order valence-electron chi connectivity index (χ1n) is 5.14. The number of nitrogens with zero attached hydrogens (tertiary/aromatic N) is 3. The number of carbonyl (C=O) groups is 1. The van der Waals surface area contributed by atoms with Gasteiger partial charge in [-0.25, -0.2) is 4.68 Å². The number of rotatable bonds is 4. The van der Waals surface area contributed by atoms with Crippen molar-refractivity contribution in [2.75, 3.05) is 0 Å². The van der Waals surface area contributed by atoms with Gasteiger partial charge in [0.2, 0.25) is 0 Å². The molecule has 1 aromatic carbocycles. The van der Waals surface area contributed by atoms with Crippen molar-refractivity contribution in [3.8, 4) is 5.69 Å². The van der Waals surface area contributed by atoms with Gasteiger partial charge in [0.1, 0.15) is 0 Å². The van der Waals surface area contributed by atoms with Crippen molar-refractivity contribution in [2.24, 2.45) is 0 Å². The number of carboxylic acids is 1. The lowest BCUT2D eigenvalue weighted by atomic mass is 10.2. The Morgan fingerprint density at radius 3 is 2.89 bits per heavy atom. The Bertz CT molecular complexity index is 583. The monoisotopic (exact) mass is 285 g/mol. The van der Waals surface area contributed by atoms with Gasteiger partial charge in [-0.1, -0.05) is 28.4 Å². The molecule has 0 spiro atoms. The van der Waals surface area contributed by atoms with E-state index in [-0.39, 0.29) is 6.42 Å². The maximum atomic E-state index is 10.5. The quantitative estimate of drug-likeness (QED) is 0.938. The fourth-order valence-corrected chi connectivity index (χ4v) is 1.80. The minimum atomic E-state index is -0.870. The normalized spacial score (nSPS) is 10.6. The van der Waals surface area contributed by atoms with E-state index in [9.17, 15) is 4.79 Å². The van der Waals surface area contributed by atoms with Crippen LogP contribution in [0.2, 0.25) is 10.0 Å². The van der Waals surface area contributed by atoms with Crippen LogP contribution < -0.4 is 0 Å². The minimum absolute atomic E-state index is 0.0158. The van der Waals surface area contributed by atoms with Crippen LogP contribution >= 0.6 is 23.2 Å². The molecule has 94 valence electrons. The molecule has 0 aliphatic rings. The molecule has 0 saturated heterocycles. The van der Waals surface area contributed by atoms with Crippen molar-refractivity contribution in [1.29, 1.82) is 0 Å². The van der Waals surface area contributed by atoms with Crippen molar-refractivity contribution >= 4 is 29.2 Å². The molecule has 0 saturated carbocycles. The number of halogens is 2. The number of aliphatic carboxylic acids is 1. The molecule has 0 amide bonds. The lowest BCUT2D eigenvalue weighted by Gasteiger charge is -2.03. The van der Waals surface area contributed by atoms with E-state index >= 15 is 0 Å². The highest BCUT2D eigenvalue weighted by Crippen LogP contribution is 2.23. The van der Waals surface area contributed by atoms with Crippen LogP contribution in [0.5, 0.6) is 0 Å². The van der Waals surface area contributed by atoms with Crippen molar-refractivity contribution in [3.63, 3.8) is 0 Å². The second kappa shape index (κ2) is 5.37. The zero-order valence-corrected chi connectivity index (χ0v) is 10.7. The molecule has 0 radical (unpaired) electrons. The number of hydrogen-bond acceptors (Lipinski definition) is 3. The number of hydrogen-bond donors (Lipinski definition) is 1. The lowest BCUT2D eigenvalue weighted by Crippen LogP contribution is -1.97. The predicted molar refractivity (Wildman–Crippen MR) is 67.3 cm³/mol. The SMILES string of the molecule is O=C(O)CCc1cn(-c2cc(Cl)ccc2Cl)nn1. The van der Waals surface area contributed by atoms with Gasteiger partial charge in [0, 0.05) is 11.4 Å². The fourth-order valence-electron chi connectivity index (χ4n) is 1.43. The Labute approximate surface area is 113 Å². The Morgan fingerprint density at radius 2 is 2.17 bits per heavy atom. The van der Waals surface area contributed by atoms with Crippen LogP contribution in [0.25, 0.3) is 5.69 Å². The molecule has 2 aromatic rings. The topological polar surface area (TPSA) is 68.0 Å². The molecule has 2 rings (SSSR count). The minimum Gasteiger partial charge on any atom is -0.481 e. The van der Waals surface area contributed by atoms with Gasteiger partial charge in [0.25, 0.3) is 0 Å². The Kier molecular flexibility index (Phi) is 3.84. The fraction of sp³-hybridized carbons (Fsp3) is 0.182. The molecule has 0 aliphatic carbocycles. The van der Waals surface area contributed by atoms with Crippen LogP contribution in [-0.4, -0.2) is 26.1 Å². The summed E-state index contributed by atoms with van der Waals surface area (Å²) in [4.78, 5) is 10.5. The summed E-state index contributed by atoms with van der Waals surface area (Å²) in [5.41, 5.74) is 1.20. The predicted octanol–water partition coefficient (Wildman–Crippen LogP) is 2.59. The Hall–Kier alpha value is -1.59. The molecule has 0 aliphatic heterocycles. The summed E-state index contributed by atoms with van der Waals surface area (Å²) in [6.07, 6.45) is 1.98. The molecular formula is C11H9Cl2N3O2. The van der Waals surface area contributed by atoms with E-state index in [0.717, 1.165) is 0 Å². The average Bonchev–Trinajstić information content (AvgIpc) is 2.78. The van der Waals surface area contributed by atoms with E-state index in [2.05, 4.69) is 10.3 Å². The van der Waals surface area contributed by atoms with Gasteiger partial charge in [0.05, 0.1) is 29.0 Å². The largest absolute Gasteiger partial charge is 0.481 e. The summed E-state index contributed by atoms with van der Waals surface area (Å²) in [5, 5.41) is 17.4. The third-order valence-electron chi connectivity index (χ3n) is 2.29. The highest BCUT2D eigenvalue weighted by molar-refractivity contribution is 6.34. The van der Waals surface area contributed by atoms with Crippen molar-refractivity contribution in [1.82, 2.24) is 15.0 Å². The Balaban J connectivity index is 2.23. The van der Waals surface area contributed by atoms with Crippen LogP contribution in [0, 0.1) is 0 Å². The Morgan fingerprint density at radius 1 is 1.39 bits per heavy atom. The molecule has 0 atom stereocenters.